The largest absolute Gasteiger partial charge is 0.393 e. The molecule has 0 spiro atoms. The van der Waals surface area contributed by atoms with Gasteiger partial charge in [-0.2, -0.15) is 0 Å². The summed E-state index contributed by atoms with van der Waals surface area (Å²) in [5, 5.41) is 15.2. The Morgan fingerprint density at radius 2 is 2.05 bits per heavy atom. The van der Waals surface area contributed by atoms with Gasteiger partial charge in [0.1, 0.15) is 0 Å². The number of hydrogen-bond acceptors (Lipinski definition) is 2. The van der Waals surface area contributed by atoms with Crippen molar-refractivity contribution < 1.29 is 9.90 Å². The minimum absolute atomic E-state index is 0.161. The van der Waals surface area contributed by atoms with Crippen LogP contribution in [0, 0.1) is 5.92 Å². The predicted octanol–water partition coefficient (Wildman–Crippen LogP) is 3.09. The first-order valence-corrected chi connectivity index (χ1v) is 7.90. The van der Waals surface area contributed by atoms with E-state index in [0.717, 1.165) is 18.5 Å². The van der Waals surface area contributed by atoms with Crippen molar-refractivity contribution in [1.82, 2.24) is 5.32 Å². The molecule has 1 aliphatic rings. The molecule has 0 aromatic heterocycles. The molecule has 4 nitrogen and oxygen atoms in total. The van der Waals surface area contributed by atoms with Crippen LogP contribution in [0.15, 0.2) is 18.2 Å². The number of carbonyl (C=O) groups is 1. The van der Waals surface area contributed by atoms with Crippen molar-refractivity contribution in [2.45, 2.75) is 52.1 Å². The van der Waals surface area contributed by atoms with Crippen molar-refractivity contribution in [2.24, 2.45) is 5.92 Å². The highest BCUT2D eigenvalue weighted by atomic mass is 16.3. The molecular weight excluding hydrogens is 264 g/mol. The van der Waals surface area contributed by atoms with E-state index in [2.05, 4.69) is 16.7 Å². The van der Waals surface area contributed by atoms with Crippen LogP contribution in [0.1, 0.15) is 44.2 Å². The van der Waals surface area contributed by atoms with Gasteiger partial charge in [-0.05, 0) is 62.1 Å². The van der Waals surface area contributed by atoms with Crippen LogP contribution in [-0.4, -0.2) is 23.8 Å². The topological polar surface area (TPSA) is 61.4 Å². The number of carbonyl (C=O) groups excluding carboxylic acids is 1. The molecule has 2 unspecified atom stereocenters. The van der Waals surface area contributed by atoms with Crippen molar-refractivity contribution in [3.05, 3.63) is 29.3 Å². The molecule has 2 amide bonds. The summed E-state index contributed by atoms with van der Waals surface area (Å²) in [6, 6.07) is 5.98. The van der Waals surface area contributed by atoms with E-state index in [1.54, 1.807) is 6.92 Å². The summed E-state index contributed by atoms with van der Waals surface area (Å²) in [6.07, 6.45) is 4.95. The maximum Gasteiger partial charge on any atom is 0.319 e. The van der Waals surface area contributed by atoms with Crippen molar-refractivity contribution in [3.63, 3.8) is 0 Å². The van der Waals surface area contributed by atoms with Crippen molar-refractivity contribution in [1.29, 1.82) is 0 Å². The number of aliphatic hydroxyl groups is 1. The standard InChI is InChI=1S/C17H26N2O2/c1-12(10-13(2)20)11-18-17(21)19-16-9-5-7-14-6-3-4-8-15(14)16/h5,7,9,12-13,20H,3-4,6,8,10-11H2,1-2H3,(H2,18,19,21). The number of benzene rings is 1. The summed E-state index contributed by atoms with van der Waals surface area (Å²) >= 11 is 0. The predicted molar refractivity (Wildman–Crippen MR) is 85.6 cm³/mol. The molecule has 1 aliphatic carbocycles. The Bertz CT molecular complexity index is 486. The highest BCUT2D eigenvalue weighted by molar-refractivity contribution is 5.90. The van der Waals surface area contributed by atoms with Gasteiger partial charge in [-0.1, -0.05) is 19.1 Å². The minimum atomic E-state index is -0.328. The maximum atomic E-state index is 12.0. The van der Waals surface area contributed by atoms with E-state index in [-0.39, 0.29) is 18.1 Å². The zero-order valence-electron chi connectivity index (χ0n) is 13.0. The number of rotatable bonds is 5. The van der Waals surface area contributed by atoms with Gasteiger partial charge in [0.15, 0.2) is 0 Å². The van der Waals surface area contributed by atoms with Crippen LogP contribution in [0.3, 0.4) is 0 Å². The van der Waals surface area contributed by atoms with Gasteiger partial charge in [-0.25, -0.2) is 4.79 Å². The zero-order chi connectivity index (χ0) is 15.2. The summed E-state index contributed by atoms with van der Waals surface area (Å²) in [7, 11) is 0. The fourth-order valence-electron chi connectivity index (χ4n) is 3.00. The Labute approximate surface area is 126 Å². The molecule has 0 radical (unpaired) electrons. The molecule has 2 rings (SSSR count). The first kappa shape index (κ1) is 15.8. The summed E-state index contributed by atoms with van der Waals surface area (Å²) in [4.78, 5) is 12.0. The van der Waals surface area contributed by atoms with Gasteiger partial charge in [0.05, 0.1) is 6.10 Å². The van der Waals surface area contributed by atoms with Gasteiger partial charge in [0.2, 0.25) is 0 Å². The van der Waals surface area contributed by atoms with Crippen LogP contribution >= 0.6 is 0 Å². The van der Waals surface area contributed by atoms with Crippen LogP contribution in [0.2, 0.25) is 0 Å². The Balaban J connectivity index is 1.88. The molecule has 0 fully saturated rings. The van der Waals surface area contributed by atoms with Crippen LogP contribution in [0.5, 0.6) is 0 Å². The fraction of sp³-hybridized carbons (Fsp3) is 0.588. The van der Waals surface area contributed by atoms with E-state index >= 15 is 0 Å². The molecule has 0 bridgehead atoms. The average molecular weight is 290 g/mol. The summed E-state index contributed by atoms with van der Waals surface area (Å²) in [5.74, 6) is 0.264. The highest BCUT2D eigenvalue weighted by Crippen LogP contribution is 2.27. The zero-order valence-corrected chi connectivity index (χ0v) is 13.0. The monoisotopic (exact) mass is 290 g/mol. The molecule has 116 valence electrons. The van der Waals surface area contributed by atoms with Gasteiger partial charge < -0.3 is 15.7 Å². The lowest BCUT2D eigenvalue weighted by Crippen LogP contribution is -2.33. The molecule has 21 heavy (non-hydrogen) atoms. The van der Waals surface area contributed by atoms with Gasteiger partial charge in [-0.15, -0.1) is 0 Å². The summed E-state index contributed by atoms with van der Waals surface area (Å²) < 4.78 is 0. The number of hydrogen-bond donors (Lipinski definition) is 3. The molecule has 1 aromatic carbocycles. The number of urea groups is 1. The number of fused-ring (bicyclic) bond motifs is 1. The molecule has 0 saturated carbocycles. The number of anilines is 1. The number of aryl methyl sites for hydroxylation is 1. The van der Waals surface area contributed by atoms with E-state index in [1.165, 1.54) is 24.0 Å². The van der Waals surface area contributed by atoms with E-state index in [0.29, 0.717) is 13.0 Å². The molecule has 3 N–H and O–H groups in total. The molecule has 4 heteroatoms. The molecular formula is C17H26N2O2. The molecule has 2 atom stereocenters. The van der Waals surface area contributed by atoms with Crippen molar-refractivity contribution >= 4 is 11.7 Å². The van der Waals surface area contributed by atoms with Gasteiger partial charge >= 0.3 is 6.03 Å². The number of aliphatic hydroxyl groups excluding tert-OH is 1. The number of nitrogens with one attached hydrogen (secondary N) is 2. The summed E-state index contributed by atoms with van der Waals surface area (Å²) in [5.41, 5.74) is 3.59. The lowest BCUT2D eigenvalue weighted by molar-refractivity contribution is 0.163. The van der Waals surface area contributed by atoms with Crippen LogP contribution in [0.25, 0.3) is 0 Å². The molecule has 0 saturated heterocycles. The van der Waals surface area contributed by atoms with Gasteiger partial charge in [0.25, 0.3) is 0 Å². The third-order valence-electron chi connectivity index (χ3n) is 4.00. The Morgan fingerprint density at radius 3 is 2.81 bits per heavy atom. The van der Waals surface area contributed by atoms with E-state index < -0.39 is 0 Å². The quantitative estimate of drug-likeness (QED) is 0.780. The Hall–Kier alpha value is -1.55. The van der Waals surface area contributed by atoms with Crippen LogP contribution in [-0.2, 0) is 12.8 Å². The smallest absolute Gasteiger partial charge is 0.319 e. The Morgan fingerprint density at radius 1 is 1.29 bits per heavy atom. The second-order valence-electron chi connectivity index (χ2n) is 6.18. The first-order valence-electron chi connectivity index (χ1n) is 7.90. The SMILES string of the molecule is CC(O)CC(C)CNC(=O)Nc1cccc2c1CCCC2. The maximum absolute atomic E-state index is 12.0. The normalized spacial score (nSPS) is 16.7. The molecule has 1 aromatic rings. The first-order chi connectivity index (χ1) is 10.1. The third-order valence-corrected chi connectivity index (χ3v) is 4.00. The van der Waals surface area contributed by atoms with Crippen molar-refractivity contribution in [3.8, 4) is 0 Å². The third kappa shape index (κ3) is 4.74. The number of amides is 2. The average Bonchev–Trinajstić information content (AvgIpc) is 2.45. The molecule has 0 heterocycles. The highest BCUT2D eigenvalue weighted by Gasteiger charge is 2.14. The minimum Gasteiger partial charge on any atom is -0.393 e. The lowest BCUT2D eigenvalue weighted by Gasteiger charge is -2.20. The summed E-state index contributed by atoms with van der Waals surface area (Å²) in [6.45, 7) is 4.37. The Kier molecular flexibility index (Phi) is 5.62. The van der Waals surface area contributed by atoms with E-state index in [4.69, 9.17) is 0 Å². The van der Waals surface area contributed by atoms with Gasteiger partial charge in [0, 0.05) is 12.2 Å². The second kappa shape index (κ2) is 7.46. The molecule has 0 aliphatic heterocycles. The lowest BCUT2D eigenvalue weighted by atomic mass is 9.90. The second-order valence-corrected chi connectivity index (χ2v) is 6.18. The van der Waals surface area contributed by atoms with E-state index in [9.17, 15) is 9.90 Å². The fourth-order valence-corrected chi connectivity index (χ4v) is 3.00. The van der Waals surface area contributed by atoms with Crippen molar-refractivity contribution in [2.75, 3.05) is 11.9 Å². The van der Waals surface area contributed by atoms with Crippen LogP contribution in [0.4, 0.5) is 10.5 Å². The van der Waals surface area contributed by atoms with Gasteiger partial charge in [-0.3, -0.25) is 0 Å². The van der Waals surface area contributed by atoms with Crippen LogP contribution < -0.4 is 10.6 Å². The van der Waals surface area contributed by atoms with E-state index in [1.807, 2.05) is 19.1 Å².